The molecule has 84 valence electrons. The van der Waals surface area contributed by atoms with Crippen LogP contribution in [0.2, 0.25) is 0 Å². The molecular formula is C10H21NO2S. The molecule has 0 saturated heterocycles. The summed E-state index contributed by atoms with van der Waals surface area (Å²) in [6, 6.07) is 0.195. The van der Waals surface area contributed by atoms with Gasteiger partial charge in [-0.1, -0.05) is 6.92 Å². The second-order valence-electron chi connectivity index (χ2n) is 3.93. The number of amides is 1. The maximum atomic E-state index is 11.5. The number of nitrogens with one attached hydrogen (secondary N) is 1. The summed E-state index contributed by atoms with van der Waals surface area (Å²) in [5.74, 6) is 1.16. The van der Waals surface area contributed by atoms with Crippen LogP contribution < -0.4 is 5.32 Å². The smallest absolute Gasteiger partial charge is 0.233 e. The van der Waals surface area contributed by atoms with Crippen molar-refractivity contribution in [1.82, 2.24) is 5.32 Å². The number of rotatable bonds is 6. The predicted octanol–water partition coefficient (Wildman–Crippen LogP) is 1.26. The minimum Gasteiger partial charge on any atom is -0.396 e. The molecule has 0 saturated carbocycles. The molecule has 0 aromatic rings. The maximum absolute atomic E-state index is 11.5. The fraction of sp³-hybridized carbons (Fsp3) is 0.900. The van der Waals surface area contributed by atoms with Gasteiger partial charge in [0.1, 0.15) is 0 Å². The maximum Gasteiger partial charge on any atom is 0.233 e. The molecule has 0 aliphatic rings. The van der Waals surface area contributed by atoms with Crippen molar-refractivity contribution in [2.75, 3.05) is 12.4 Å². The van der Waals surface area contributed by atoms with E-state index in [0.717, 1.165) is 5.75 Å². The molecule has 0 aliphatic carbocycles. The van der Waals surface area contributed by atoms with Gasteiger partial charge >= 0.3 is 0 Å². The van der Waals surface area contributed by atoms with Crippen LogP contribution in [0.15, 0.2) is 0 Å². The van der Waals surface area contributed by atoms with Gasteiger partial charge in [0.2, 0.25) is 5.91 Å². The summed E-state index contributed by atoms with van der Waals surface area (Å²) in [5.41, 5.74) is 0. The second kappa shape index (κ2) is 7.12. The Labute approximate surface area is 90.7 Å². The number of carbonyl (C=O) groups is 1. The normalized spacial score (nSPS) is 15.3. The van der Waals surface area contributed by atoms with Gasteiger partial charge in [-0.2, -0.15) is 0 Å². The van der Waals surface area contributed by atoms with Gasteiger partial charge in [0.05, 0.1) is 5.25 Å². The van der Waals surface area contributed by atoms with E-state index in [1.807, 2.05) is 27.7 Å². The Morgan fingerprint density at radius 3 is 2.36 bits per heavy atom. The largest absolute Gasteiger partial charge is 0.396 e. The lowest BCUT2D eigenvalue weighted by molar-refractivity contribution is -0.120. The van der Waals surface area contributed by atoms with E-state index >= 15 is 0 Å². The predicted molar refractivity (Wildman–Crippen MR) is 61.4 cm³/mol. The molecule has 0 fully saturated rings. The molecule has 1 amide bonds. The fourth-order valence-electron chi connectivity index (χ4n) is 0.839. The Bertz CT molecular complexity index is 174. The van der Waals surface area contributed by atoms with Crippen LogP contribution in [0.3, 0.4) is 0 Å². The van der Waals surface area contributed by atoms with Crippen molar-refractivity contribution < 1.29 is 9.90 Å². The highest BCUT2D eigenvalue weighted by Gasteiger charge is 2.14. The molecule has 0 rings (SSSR count). The van der Waals surface area contributed by atoms with Crippen LogP contribution in [0.1, 0.15) is 27.7 Å². The number of thioether (sulfide) groups is 1. The Hall–Kier alpha value is -0.220. The average molecular weight is 219 g/mol. The van der Waals surface area contributed by atoms with E-state index < -0.39 is 0 Å². The van der Waals surface area contributed by atoms with Gasteiger partial charge in [0.25, 0.3) is 0 Å². The monoisotopic (exact) mass is 219 g/mol. The van der Waals surface area contributed by atoms with Crippen molar-refractivity contribution in [2.45, 2.75) is 39.0 Å². The van der Waals surface area contributed by atoms with E-state index in [1.54, 1.807) is 11.8 Å². The molecular weight excluding hydrogens is 198 g/mol. The van der Waals surface area contributed by atoms with Crippen LogP contribution in [0, 0.1) is 5.92 Å². The summed E-state index contributed by atoms with van der Waals surface area (Å²) in [6.07, 6.45) is 0. The summed E-state index contributed by atoms with van der Waals surface area (Å²) in [4.78, 5) is 11.5. The zero-order valence-electron chi connectivity index (χ0n) is 9.41. The zero-order valence-corrected chi connectivity index (χ0v) is 10.2. The molecule has 0 radical (unpaired) electrons. The number of carbonyl (C=O) groups excluding carboxylic acids is 1. The first-order chi connectivity index (χ1) is 6.47. The molecule has 0 bridgehead atoms. The lowest BCUT2D eigenvalue weighted by Crippen LogP contribution is -2.36. The van der Waals surface area contributed by atoms with Gasteiger partial charge in [-0.05, 0) is 32.4 Å². The van der Waals surface area contributed by atoms with Gasteiger partial charge in [-0.25, -0.2) is 0 Å². The first kappa shape index (κ1) is 13.8. The summed E-state index contributed by atoms with van der Waals surface area (Å²) in [5, 5.41) is 11.6. The van der Waals surface area contributed by atoms with Crippen LogP contribution in [-0.2, 0) is 4.79 Å². The van der Waals surface area contributed by atoms with E-state index in [4.69, 9.17) is 5.11 Å². The van der Waals surface area contributed by atoms with Crippen molar-refractivity contribution in [1.29, 1.82) is 0 Å². The minimum absolute atomic E-state index is 0.0357. The highest BCUT2D eigenvalue weighted by molar-refractivity contribution is 8.00. The Kier molecular flexibility index (Phi) is 7.01. The average Bonchev–Trinajstić information content (AvgIpc) is 2.12. The third-order valence-corrected chi connectivity index (χ3v) is 3.22. The van der Waals surface area contributed by atoms with Crippen LogP contribution in [0.25, 0.3) is 0 Å². The SMILES string of the molecule is CC(CO)CSC(C)C(=O)NC(C)C. The molecule has 2 N–H and O–H groups in total. The third-order valence-electron chi connectivity index (χ3n) is 1.74. The minimum atomic E-state index is -0.0357. The Morgan fingerprint density at radius 1 is 1.36 bits per heavy atom. The topological polar surface area (TPSA) is 49.3 Å². The second-order valence-corrected chi connectivity index (χ2v) is 5.30. The van der Waals surface area contributed by atoms with Gasteiger partial charge in [-0.15, -0.1) is 11.8 Å². The molecule has 2 unspecified atom stereocenters. The van der Waals surface area contributed by atoms with E-state index in [0.29, 0.717) is 0 Å². The number of aliphatic hydroxyl groups is 1. The molecule has 0 aromatic heterocycles. The van der Waals surface area contributed by atoms with Crippen molar-refractivity contribution in [3.63, 3.8) is 0 Å². The number of aliphatic hydroxyl groups excluding tert-OH is 1. The van der Waals surface area contributed by atoms with Crippen molar-refractivity contribution in [3.8, 4) is 0 Å². The molecule has 0 heterocycles. The van der Waals surface area contributed by atoms with Gasteiger partial charge in [0, 0.05) is 12.6 Å². The van der Waals surface area contributed by atoms with Crippen LogP contribution in [-0.4, -0.2) is 34.7 Å². The van der Waals surface area contributed by atoms with Crippen molar-refractivity contribution >= 4 is 17.7 Å². The van der Waals surface area contributed by atoms with Crippen LogP contribution in [0.4, 0.5) is 0 Å². The lowest BCUT2D eigenvalue weighted by atomic mass is 10.2. The molecule has 0 spiro atoms. The molecule has 2 atom stereocenters. The standard InChI is InChI=1S/C10H21NO2S/c1-7(2)11-10(13)9(4)14-6-8(3)5-12/h7-9,12H,5-6H2,1-4H3,(H,11,13). The van der Waals surface area contributed by atoms with E-state index in [1.165, 1.54) is 0 Å². The molecule has 14 heavy (non-hydrogen) atoms. The third kappa shape index (κ3) is 6.27. The van der Waals surface area contributed by atoms with E-state index in [-0.39, 0.29) is 29.7 Å². The summed E-state index contributed by atoms with van der Waals surface area (Å²) in [7, 11) is 0. The molecule has 0 aliphatic heterocycles. The number of hydrogen-bond donors (Lipinski definition) is 2. The Morgan fingerprint density at radius 2 is 1.93 bits per heavy atom. The lowest BCUT2D eigenvalue weighted by Gasteiger charge is -2.15. The van der Waals surface area contributed by atoms with Crippen molar-refractivity contribution in [3.05, 3.63) is 0 Å². The molecule has 3 nitrogen and oxygen atoms in total. The number of hydrogen-bond acceptors (Lipinski definition) is 3. The quantitative estimate of drug-likeness (QED) is 0.707. The fourth-order valence-corrected chi connectivity index (χ4v) is 1.78. The van der Waals surface area contributed by atoms with Gasteiger partial charge in [-0.3, -0.25) is 4.79 Å². The summed E-state index contributed by atoms with van der Waals surface area (Å²) in [6.45, 7) is 7.95. The van der Waals surface area contributed by atoms with E-state index in [2.05, 4.69) is 5.32 Å². The van der Waals surface area contributed by atoms with Crippen LogP contribution >= 0.6 is 11.8 Å². The van der Waals surface area contributed by atoms with Crippen LogP contribution in [0.5, 0.6) is 0 Å². The summed E-state index contributed by atoms with van der Waals surface area (Å²) >= 11 is 1.59. The Balaban J connectivity index is 3.72. The summed E-state index contributed by atoms with van der Waals surface area (Å²) < 4.78 is 0. The van der Waals surface area contributed by atoms with Gasteiger partial charge < -0.3 is 10.4 Å². The van der Waals surface area contributed by atoms with Crippen molar-refractivity contribution in [2.24, 2.45) is 5.92 Å². The highest BCUT2D eigenvalue weighted by Crippen LogP contribution is 2.14. The first-order valence-corrected chi connectivity index (χ1v) is 6.05. The highest BCUT2D eigenvalue weighted by atomic mass is 32.2. The first-order valence-electron chi connectivity index (χ1n) is 5.00. The zero-order chi connectivity index (χ0) is 11.1. The molecule has 4 heteroatoms. The molecule has 0 aromatic carbocycles. The van der Waals surface area contributed by atoms with Gasteiger partial charge in [0.15, 0.2) is 0 Å². The van der Waals surface area contributed by atoms with E-state index in [9.17, 15) is 4.79 Å².